The molecule has 1 aliphatic rings. The van der Waals surface area contributed by atoms with E-state index in [1.165, 1.54) is 16.4 Å². The number of anilines is 1. The summed E-state index contributed by atoms with van der Waals surface area (Å²) in [5.41, 5.74) is 2.00. The van der Waals surface area contributed by atoms with Gasteiger partial charge in [0.2, 0.25) is 10.0 Å². The average molecular weight is 499 g/mol. The van der Waals surface area contributed by atoms with Gasteiger partial charge in [0, 0.05) is 41.4 Å². The van der Waals surface area contributed by atoms with Crippen LogP contribution in [0.4, 0.5) is 5.69 Å². The van der Waals surface area contributed by atoms with Gasteiger partial charge in [-0.1, -0.05) is 40.9 Å². The first-order valence-corrected chi connectivity index (χ1v) is 11.2. The molecule has 1 fully saturated rings. The number of sulfonamides is 1. The summed E-state index contributed by atoms with van der Waals surface area (Å²) in [5.74, 6) is 0. The monoisotopic (exact) mass is 496 g/mol. The molecule has 1 saturated heterocycles. The lowest BCUT2D eigenvalue weighted by atomic mass is 10.2. The molecule has 26 heavy (non-hydrogen) atoms. The highest BCUT2D eigenvalue weighted by Crippen LogP contribution is 2.34. The first-order valence-electron chi connectivity index (χ1n) is 7.86. The lowest BCUT2D eigenvalue weighted by Crippen LogP contribution is -2.48. The zero-order valence-corrected chi connectivity index (χ0v) is 18.5. The number of hydrogen-bond donors (Lipinski definition) is 0. The van der Waals surface area contributed by atoms with Crippen LogP contribution in [0.3, 0.4) is 0 Å². The third kappa shape index (κ3) is 4.01. The predicted molar refractivity (Wildman–Crippen MR) is 111 cm³/mol. The highest BCUT2D eigenvalue weighted by atomic mass is 79.9. The summed E-state index contributed by atoms with van der Waals surface area (Å²) in [6, 6.07) is 8.75. The normalized spacial score (nSPS) is 16.1. The van der Waals surface area contributed by atoms with Crippen molar-refractivity contribution in [3.05, 3.63) is 55.4 Å². The molecular weight excluding hydrogens is 483 g/mol. The standard InChI is InChI=1S/C17H16BrCl3N2O2S/c1-11-2-3-12(8-14(11)19)22-4-6-23(7-5-22)26(24,25)17-10-15(20)13(18)9-16(17)21/h2-3,8-10H,4-7H2,1H3. The zero-order valence-electron chi connectivity index (χ0n) is 13.8. The van der Waals surface area contributed by atoms with Gasteiger partial charge in [-0.15, -0.1) is 0 Å². The number of halogens is 4. The molecule has 1 aliphatic heterocycles. The van der Waals surface area contributed by atoms with E-state index < -0.39 is 10.0 Å². The van der Waals surface area contributed by atoms with Crippen LogP contribution < -0.4 is 4.90 Å². The molecule has 4 nitrogen and oxygen atoms in total. The fourth-order valence-corrected chi connectivity index (χ4v) is 5.63. The van der Waals surface area contributed by atoms with Gasteiger partial charge in [0.15, 0.2) is 0 Å². The third-order valence-corrected chi connectivity index (χ3v) is 8.32. The highest BCUT2D eigenvalue weighted by Gasteiger charge is 2.31. The molecule has 0 aliphatic carbocycles. The van der Waals surface area contributed by atoms with Crippen LogP contribution in [0, 0.1) is 6.92 Å². The maximum absolute atomic E-state index is 12.9. The summed E-state index contributed by atoms with van der Waals surface area (Å²) in [5, 5.41) is 1.16. The van der Waals surface area contributed by atoms with E-state index in [1.807, 2.05) is 25.1 Å². The number of piperazine rings is 1. The van der Waals surface area contributed by atoms with Crippen molar-refractivity contribution in [2.45, 2.75) is 11.8 Å². The molecule has 0 amide bonds. The largest absolute Gasteiger partial charge is 0.369 e. The van der Waals surface area contributed by atoms with Gasteiger partial charge in [-0.05, 0) is 52.7 Å². The van der Waals surface area contributed by atoms with Crippen molar-refractivity contribution >= 4 is 66.4 Å². The SMILES string of the molecule is Cc1ccc(N2CCN(S(=O)(=O)c3cc(Cl)c(Br)cc3Cl)CC2)cc1Cl. The summed E-state index contributed by atoms with van der Waals surface area (Å²) in [4.78, 5) is 2.15. The number of nitrogens with zero attached hydrogens (tertiary/aromatic N) is 2. The topological polar surface area (TPSA) is 40.6 Å². The van der Waals surface area contributed by atoms with E-state index >= 15 is 0 Å². The minimum Gasteiger partial charge on any atom is -0.369 e. The maximum atomic E-state index is 12.9. The second-order valence-electron chi connectivity index (χ2n) is 6.02. The number of aryl methyl sites for hydroxylation is 1. The van der Waals surface area contributed by atoms with Crippen LogP contribution in [-0.4, -0.2) is 38.9 Å². The Hall–Kier alpha value is -0.500. The van der Waals surface area contributed by atoms with Gasteiger partial charge in [-0.3, -0.25) is 0 Å². The second-order valence-corrected chi connectivity index (χ2v) is 10.0. The average Bonchev–Trinajstić information content (AvgIpc) is 2.60. The molecule has 0 spiro atoms. The molecule has 2 aromatic rings. The first kappa shape index (κ1) is 20.2. The highest BCUT2D eigenvalue weighted by molar-refractivity contribution is 9.10. The first-order chi connectivity index (χ1) is 12.2. The fourth-order valence-electron chi connectivity index (χ4n) is 2.81. The number of hydrogen-bond acceptors (Lipinski definition) is 3. The van der Waals surface area contributed by atoms with E-state index in [-0.39, 0.29) is 9.92 Å². The van der Waals surface area contributed by atoms with Crippen molar-refractivity contribution in [2.75, 3.05) is 31.1 Å². The lowest BCUT2D eigenvalue weighted by molar-refractivity contribution is 0.385. The van der Waals surface area contributed by atoms with Gasteiger partial charge in [0.05, 0.1) is 10.0 Å². The lowest BCUT2D eigenvalue weighted by Gasteiger charge is -2.35. The van der Waals surface area contributed by atoms with Crippen molar-refractivity contribution in [3.63, 3.8) is 0 Å². The molecule has 0 N–H and O–H groups in total. The van der Waals surface area contributed by atoms with Gasteiger partial charge in [0.1, 0.15) is 4.90 Å². The van der Waals surface area contributed by atoms with Crippen LogP contribution >= 0.6 is 50.7 Å². The van der Waals surface area contributed by atoms with Gasteiger partial charge < -0.3 is 4.90 Å². The molecule has 0 saturated carbocycles. The summed E-state index contributed by atoms with van der Waals surface area (Å²) >= 11 is 21.6. The summed E-state index contributed by atoms with van der Waals surface area (Å²) in [7, 11) is -3.71. The van der Waals surface area contributed by atoms with E-state index in [0.29, 0.717) is 40.7 Å². The molecule has 0 bridgehead atoms. The Morgan fingerprint density at radius 1 is 0.923 bits per heavy atom. The van der Waals surface area contributed by atoms with Crippen molar-refractivity contribution in [2.24, 2.45) is 0 Å². The second kappa shape index (κ2) is 7.86. The molecule has 0 radical (unpaired) electrons. The summed E-state index contributed by atoms with van der Waals surface area (Å²) in [6.45, 7) is 3.81. The van der Waals surface area contributed by atoms with Crippen molar-refractivity contribution in [1.29, 1.82) is 0 Å². The maximum Gasteiger partial charge on any atom is 0.244 e. The minimum absolute atomic E-state index is 0.0270. The van der Waals surface area contributed by atoms with Crippen LogP contribution in [0.5, 0.6) is 0 Å². The van der Waals surface area contributed by atoms with E-state index in [9.17, 15) is 8.42 Å². The Labute approximate surface area is 176 Å². The van der Waals surface area contributed by atoms with Gasteiger partial charge in [-0.2, -0.15) is 4.31 Å². The molecular formula is C17H16BrCl3N2O2S. The summed E-state index contributed by atoms with van der Waals surface area (Å²) in [6.07, 6.45) is 0. The molecule has 0 atom stereocenters. The Morgan fingerprint density at radius 2 is 1.58 bits per heavy atom. The molecule has 140 valence electrons. The van der Waals surface area contributed by atoms with Crippen LogP contribution in [0.1, 0.15) is 5.56 Å². The van der Waals surface area contributed by atoms with E-state index in [0.717, 1.165) is 11.3 Å². The number of rotatable bonds is 3. The van der Waals surface area contributed by atoms with Crippen LogP contribution in [-0.2, 0) is 10.0 Å². The van der Waals surface area contributed by atoms with E-state index in [4.69, 9.17) is 34.8 Å². The Morgan fingerprint density at radius 3 is 2.19 bits per heavy atom. The Kier molecular flexibility index (Phi) is 6.12. The molecule has 2 aromatic carbocycles. The van der Waals surface area contributed by atoms with Gasteiger partial charge >= 0.3 is 0 Å². The zero-order chi connectivity index (χ0) is 19.1. The van der Waals surface area contributed by atoms with Crippen molar-refractivity contribution in [3.8, 4) is 0 Å². The van der Waals surface area contributed by atoms with E-state index in [2.05, 4.69) is 20.8 Å². The Bertz CT molecular complexity index is 945. The van der Waals surface area contributed by atoms with E-state index in [1.54, 1.807) is 0 Å². The fraction of sp³-hybridized carbons (Fsp3) is 0.294. The van der Waals surface area contributed by atoms with Crippen LogP contribution in [0.15, 0.2) is 39.7 Å². The molecule has 9 heteroatoms. The van der Waals surface area contributed by atoms with Crippen LogP contribution in [0.2, 0.25) is 15.1 Å². The quantitative estimate of drug-likeness (QED) is 0.544. The smallest absolute Gasteiger partial charge is 0.244 e. The predicted octanol–water partition coefficient (Wildman–Crippen LogP) is 5.23. The van der Waals surface area contributed by atoms with Crippen LogP contribution in [0.25, 0.3) is 0 Å². The molecule has 1 heterocycles. The molecule has 0 unspecified atom stereocenters. The van der Waals surface area contributed by atoms with Gasteiger partial charge in [-0.25, -0.2) is 8.42 Å². The molecule has 3 rings (SSSR count). The molecule has 0 aromatic heterocycles. The minimum atomic E-state index is -3.71. The van der Waals surface area contributed by atoms with Gasteiger partial charge in [0.25, 0.3) is 0 Å². The third-order valence-electron chi connectivity index (χ3n) is 4.35. The van der Waals surface area contributed by atoms with Crippen molar-refractivity contribution < 1.29 is 8.42 Å². The number of benzene rings is 2. The van der Waals surface area contributed by atoms with Crippen molar-refractivity contribution in [1.82, 2.24) is 4.31 Å². The Balaban J connectivity index is 1.78. The summed E-state index contributed by atoms with van der Waals surface area (Å²) < 4.78 is 27.9.